The van der Waals surface area contributed by atoms with Crippen molar-refractivity contribution < 1.29 is 40.8 Å². The van der Waals surface area contributed by atoms with Gasteiger partial charge in [0.1, 0.15) is 0 Å². The maximum atomic E-state index is 2.00. The third-order valence-corrected chi connectivity index (χ3v) is 0. The first-order valence-electron chi connectivity index (χ1n) is 2.00. The molecule has 80 valence electrons. The second kappa shape index (κ2) is 512. The molecule has 0 aromatic rings. The van der Waals surface area contributed by atoms with Gasteiger partial charge in [-0.2, -0.15) is 0 Å². The Hall–Kier alpha value is 1.32. The summed E-state index contributed by atoms with van der Waals surface area (Å²) in [7, 11) is 0. The molecule has 0 rings (SSSR count). The van der Waals surface area contributed by atoms with Crippen LogP contribution in [0.15, 0.2) is 0 Å². The summed E-state index contributed by atoms with van der Waals surface area (Å²) in [5.41, 5.74) is 0. The van der Waals surface area contributed by atoms with Gasteiger partial charge in [0.2, 0.25) is 0 Å². The zero-order valence-corrected chi connectivity index (χ0v) is 11.7. The maximum absolute atomic E-state index is 2.00. The minimum Gasteiger partial charge on any atom is -0.358 e. The van der Waals surface area contributed by atoms with E-state index < -0.39 is 0 Å². The van der Waals surface area contributed by atoms with Gasteiger partial charge >= 0.3 is 0 Å². The van der Waals surface area contributed by atoms with Crippen LogP contribution in [0.1, 0.15) is 27.7 Å². The largest absolute Gasteiger partial charge is 0.358 e. The Bertz CT molecular complexity index is 7.22. The summed E-state index contributed by atoms with van der Waals surface area (Å²) in [6.07, 6.45) is 0. The molecular weight excluding hydrogens is 309 g/mol. The van der Waals surface area contributed by atoms with Crippen LogP contribution >= 0.6 is 0 Å². The third kappa shape index (κ3) is 368. The van der Waals surface area contributed by atoms with Gasteiger partial charge in [-0.25, -0.2) is 0 Å². The van der Waals surface area contributed by atoms with Gasteiger partial charge in [-0.05, 0) is 0 Å². The van der Waals surface area contributed by atoms with Gasteiger partial charge in [-0.15, -0.1) is 0 Å². The van der Waals surface area contributed by atoms with E-state index in [1.165, 1.54) is 0 Å². The van der Waals surface area contributed by atoms with E-state index >= 15 is 0 Å². The Balaban J connectivity index is -0.000000000833. The molecule has 0 fully saturated rings. The van der Waals surface area contributed by atoms with Crippen LogP contribution in [-0.2, 0) is 40.8 Å². The number of hydrogen-bond acceptors (Lipinski definition) is 0. The zero-order valence-electron chi connectivity index (χ0n) is 8.63. The Morgan fingerprint density at radius 2 is 0.400 bits per heavy atom. The Labute approximate surface area is 97.9 Å². The number of hydrogen-bond donors (Lipinski definition) is 0. The molecule has 10 heavy (non-hydrogen) atoms. The van der Waals surface area contributed by atoms with E-state index in [0.717, 1.165) is 0 Å². The fourth-order valence-corrected chi connectivity index (χ4v) is 0. The van der Waals surface area contributed by atoms with Gasteiger partial charge in [0.25, 0.3) is 0 Å². The van der Waals surface area contributed by atoms with Crippen molar-refractivity contribution in [2.45, 2.75) is 27.7 Å². The van der Waals surface area contributed by atoms with E-state index in [-0.39, 0.29) is 70.6 Å². The number of rotatable bonds is 0. The Morgan fingerprint density at radius 1 is 0.400 bits per heavy atom. The van der Waals surface area contributed by atoms with Crippen molar-refractivity contribution in [2.24, 2.45) is 0 Å². The Kier molecular flexibility index (Phi) is 5590. The predicted octanol–water partition coefficient (Wildman–Crippen LogP) is 3.85. The second-order valence-electron chi connectivity index (χ2n) is 0. The standard InChI is InChI=1S/2C2H6.4CH3.2Pd/c2*1-2;;;;;;/h2*1-2H3;4*1H3;;/q;;4*-1;;. The average Bonchev–Trinajstić information content (AvgIpc) is 1.50. The van der Waals surface area contributed by atoms with Gasteiger partial charge in [0.15, 0.2) is 0 Å². The quantitative estimate of drug-likeness (QED) is 0.467. The fourth-order valence-electron chi connectivity index (χ4n) is 0. The van der Waals surface area contributed by atoms with Crippen molar-refractivity contribution in [1.82, 2.24) is 0 Å². The average molecular weight is 333 g/mol. The van der Waals surface area contributed by atoms with E-state index in [2.05, 4.69) is 0 Å². The third-order valence-electron chi connectivity index (χ3n) is 0. The summed E-state index contributed by atoms with van der Waals surface area (Å²) in [4.78, 5) is 0. The minimum absolute atomic E-state index is 0. The van der Waals surface area contributed by atoms with Gasteiger partial charge < -0.3 is 29.7 Å². The van der Waals surface area contributed by atoms with Crippen LogP contribution in [0, 0.1) is 29.7 Å². The summed E-state index contributed by atoms with van der Waals surface area (Å²) < 4.78 is 0. The molecule has 0 aromatic carbocycles. The topological polar surface area (TPSA) is 0 Å². The molecule has 0 saturated carbocycles. The van der Waals surface area contributed by atoms with Crippen LogP contribution < -0.4 is 0 Å². The molecule has 0 radical (unpaired) electrons. The second-order valence-corrected chi connectivity index (χ2v) is 0. The van der Waals surface area contributed by atoms with Crippen molar-refractivity contribution in [2.75, 3.05) is 0 Å². The molecule has 0 aliphatic heterocycles. The summed E-state index contributed by atoms with van der Waals surface area (Å²) in [5, 5.41) is 0. The molecule has 0 aromatic heterocycles. The van der Waals surface area contributed by atoms with E-state index in [9.17, 15) is 0 Å². The molecule has 0 atom stereocenters. The molecule has 0 aliphatic rings. The van der Waals surface area contributed by atoms with Crippen LogP contribution in [0.2, 0.25) is 0 Å². The van der Waals surface area contributed by atoms with E-state index in [4.69, 9.17) is 0 Å². The van der Waals surface area contributed by atoms with E-state index in [1.54, 1.807) is 0 Å². The predicted molar refractivity (Wildman–Crippen MR) is 48.4 cm³/mol. The molecule has 2 heteroatoms. The Morgan fingerprint density at radius 3 is 0.400 bits per heavy atom. The van der Waals surface area contributed by atoms with Gasteiger partial charge in [-0.1, -0.05) is 27.7 Å². The van der Waals surface area contributed by atoms with Crippen molar-refractivity contribution in [3.8, 4) is 0 Å². The monoisotopic (exact) mass is 332 g/mol. The maximum Gasteiger partial charge on any atom is 0 e. The molecule has 0 N–H and O–H groups in total. The normalized spacial score (nSPS) is 1.20. The van der Waals surface area contributed by atoms with Crippen LogP contribution in [0.5, 0.6) is 0 Å². The molecule has 0 saturated heterocycles. The fraction of sp³-hybridized carbons (Fsp3) is 0.500. The molecule has 0 amide bonds. The zero-order chi connectivity index (χ0) is 4.00. The van der Waals surface area contributed by atoms with Gasteiger partial charge in [0, 0.05) is 40.8 Å². The SMILES string of the molecule is CC.CC.[CH3-].[CH3-].[CH3-].[CH3-].[Pd].[Pd]. The summed E-state index contributed by atoms with van der Waals surface area (Å²) in [6, 6.07) is 0. The minimum atomic E-state index is 0. The molecule has 0 heterocycles. The molecule has 0 aliphatic carbocycles. The van der Waals surface area contributed by atoms with E-state index in [0.29, 0.717) is 0 Å². The first-order valence-corrected chi connectivity index (χ1v) is 2.00. The smallest absolute Gasteiger partial charge is 0 e. The van der Waals surface area contributed by atoms with Gasteiger partial charge in [-0.3, -0.25) is 0 Å². The van der Waals surface area contributed by atoms with Crippen LogP contribution in [0.4, 0.5) is 0 Å². The first kappa shape index (κ1) is 109. The van der Waals surface area contributed by atoms with Crippen LogP contribution in [0.3, 0.4) is 0 Å². The first-order chi connectivity index (χ1) is 2.00. The van der Waals surface area contributed by atoms with Crippen molar-refractivity contribution >= 4 is 0 Å². The van der Waals surface area contributed by atoms with Crippen molar-refractivity contribution in [1.29, 1.82) is 0 Å². The van der Waals surface area contributed by atoms with Crippen molar-refractivity contribution in [3.05, 3.63) is 29.7 Å². The van der Waals surface area contributed by atoms with E-state index in [1.807, 2.05) is 27.7 Å². The van der Waals surface area contributed by atoms with Gasteiger partial charge in [0.05, 0.1) is 0 Å². The summed E-state index contributed by atoms with van der Waals surface area (Å²) in [5.74, 6) is 0. The summed E-state index contributed by atoms with van der Waals surface area (Å²) in [6.45, 7) is 8.00. The van der Waals surface area contributed by atoms with Crippen LogP contribution in [-0.4, -0.2) is 0 Å². The van der Waals surface area contributed by atoms with Crippen LogP contribution in [0.25, 0.3) is 0 Å². The molecule has 0 bridgehead atoms. The molecular formula is C8H24Pd2-4. The summed E-state index contributed by atoms with van der Waals surface area (Å²) >= 11 is 0. The van der Waals surface area contributed by atoms with Crippen molar-refractivity contribution in [3.63, 3.8) is 0 Å². The molecule has 0 spiro atoms. The molecule has 0 unspecified atom stereocenters. The molecule has 0 nitrogen and oxygen atoms in total.